The number of carbonyl (C=O) groups is 1. The van der Waals surface area contributed by atoms with Gasteiger partial charge in [0.2, 0.25) is 5.82 Å². The smallest absolute Gasteiger partial charge is 0.331 e. The Labute approximate surface area is 127 Å². The summed E-state index contributed by atoms with van der Waals surface area (Å²) in [4.78, 5) is 22.1. The fraction of sp³-hybridized carbons (Fsp3) is 0.333. The van der Waals surface area contributed by atoms with E-state index in [0.29, 0.717) is 5.39 Å². The SMILES string of the molecule is CCOC(=O)[C@@H](C)n1ncc2cc(Br)c(F)c([N+](=O)[O-])c21. The van der Waals surface area contributed by atoms with Crippen LogP contribution in [-0.4, -0.2) is 27.3 Å². The van der Waals surface area contributed by atoms with Gasteiger partial charge >= 0.3 is 11.7 Å². The number of ether oxygens (including phenoxy) is 1. The summed E-state index contributed by atoms with van der Waals surface area (Å²) < 4.78 is 19.9. The average Bonchev–Trinajstić information content (AvgIpc) is 2.82. The van der Waals surface area contributed by atoms with E-state index in [1.807, 2.05) is 0 Å². The molecule has 0 fully saturated rings. The summed E-state index contributed by atoms with van der Waals surface area (Å²) in [6.45, 7) is 3.30. The summed E-state index contributed by atoms with van der Waals surface area (Å²) in [5.74, 6) is -1.61. The lowest BCUT2D eigenvalue weighted by Crippen LogP contribution is -2.20. The van der Waals surface area contributed by atoms with Gasteiger partial charge in [-0.25, -0.2) is 9.48 Å². The molecule has 1 aromatic heterocycles. The molecule has 0 amide bonds. The molecule has 1 aromatic carbocycles. The lowest BCUT2D eigenvalue weighted by molar-refractivity contribution is -0.386. The van der Waals surface area contributed by atoms with Crippen LogP contribution >= 0.6 is 15.9 Å². The van der Waals surface area contributed by atoms with Crippen LogP contribution < -0.4 is 0 Å². The van der Waals surface area contributed by atoms with Crippen molar-refractivity contribution in [3.63, 3.8) is 0 Å². The lowest BCUT2D eigenvalue weighted by Gasteiger charge is -2.12. The number of aromatic nitrogens is 2. The molecule has 2 rings (SSSR count). The first-order valence-corrected chi connectivity index (χ1v) is 6.84. The maximum absolute atomic E-state index is 14.0. The Morgan fingerprint density at radius 2 is 2.33 bits per heavy atom. The van der Waals surface area contributed by atoms with E-state index in [4.69, 9.17) is 4.74 Å². The minimum absolute atomic E-state index is 0.0370. The van der Waals surface area contributed by atoms with E-state index >= 15 is 0 Å². The molecule has 7 nitrogen and oxygen atoms in total. The maximum atomic E-state index is 14.0. The molecule has 0 unspecified atom stereocenters. The molecule has 0 aliphatic rings. The minimum atomic E-state index is -1.01. The fourth-order valence-electron chi connectivity index (χ4n) is 1.97. The van der Waals surface area contributed by atoms with Crippen LogP contribution in [0.4, 0.5) is 10.1 Å². The van der Waals surface area contributed by atoms with Gasteiger partial charge in [0.05, 0.1) is 22.2 Å². The quantitative estimate of drug-likeness (QED) is 0.475. The Bertz CT molecular complexity index is 731. The second-order valence-corrected chi connectivity index (χ2v) is 5.09. The zero-order valence-corrected chi connectivity index (χ0v) is 12.8. The summed E-state index contributed by atoms with van der Waals surface area (Å²) in [7, 11) is 0. The molecule has 9 heteroatoms. The second kappa shape index (κ2) is 5.76. The molecule has 0 aliphatic heterocycles. The summed E-state index contributed by atoms with van der Waals surface area (Å²) in [5.41, 5.74) is -0.783. The number of hydrogen-bond donors (Lipinski definition) is 0. The fourth-order valence-corrected chi connectivity index (χ4v) is 2.40. The van der Waals surface area contributed by atoms with Gasteiger partial charge in [0.25, 0.3) is 0 Å². The highest BCUT2D eigenvalue weighted by molar-refractivity contribution is 9.10. The molecular formula is C12H11BrFN3O4. The van der Waals surface area contributed by atoms with Crippen molar-refractivity contribution in [2.75, 3.05) is 6.61 Å². The van der Waals surface area contributed by atoms with Gasteiger partial charge in [0.15, 0.2) is 5.52 Å². The van der Waals surface area contributed by atoms with Crippen molar-refractivity contribution in [1.29, 1.82) is 0 Å². The standard InChI is InChI=1S/C12H11BrFN3O4/c1-3-21-12(18)6(2)16-10-7(5-15-16)4-8(13)9(14)11(10)17(19)20/h4-6H,3H2,1-2H3/t6-/m1/s1. The second-order valence-electron chi connectivity index (χ2n) is 4.23. The summed E-state index contributed by atoms with van der Waals surface area (Å²) >= 11 is 2.93. The van der Waals surface area contributed by atoms with Gasteiger partial charge in [-0.2, -0.15) is 9.49 Å². The molecule has 112 valence electrons. The van der Waals surface area contributed by atoms with Crippen LogP contribution in [0, 0.1) is 15.9 Å². The van der Waals surface area contributed by atoms with Crippen molar-refractivity contribution in [3.05, 3.63) is 32.7 Å². The van der Waals surface area contributed by atoms with E-state index in [2.05, 4.69) is 21.0 Å². The molecule has 21 heavy (non-hydrogen) atoms. The minimum Gasteiger partial charge on any atom is -0.464 e. The third kappa shape index (κ3) is 2.60. The Morgan fingerprint density at radius 1 is 1.67 bits per heavy atom. The highest BCUT2D eigenvalue weighted by Crippen LogP contribution is 2.35. The average molecular weight is 360 g/mol. The van der Waals surface area contributed by atoms with Crippen LogP contribution in [0.1, 0.15) is 19.9 Å². The monoisotopic (exact) mass is 359 g/mol. The summed E-state index contributed by atoms with van der Waals surface area (Å²) in [5, 5.41) is 15.4. The number of rotatable bonds is 4. The predicted molar refractivity (Wildman–Crippen MR) is 75.4 cm³/mol. The number of nitrogens with zero attached hydrogens (tertiary/aromatic N) is 3. The number of carbonyl (C=O) groups excluding carboxylic acids is 1. The lowest BCUT2D eigenvalue weighted by atomic mass is 10.2. The number of nitro groups is 1. The first-order chi connectivity index (χ1) is 9.88. The van der Waals surface area contributed by atoms with Crippen LogP contribution in [0.15, 0.2) is 16.7 Å². The van der Waals surface area contributed by atoms with E-state index in [1.54, 1.807) is 6.92 Å². The highest BCUT2D eigenvalue weighted by atomic mass is 79.9. The van der Waals surface area contributed by atoms with Gasteiger partial charge < -0.3 is 4.74 Å². The summed E-state index contributed by atoms with van der Waals surface area (Å²) in [6, 6.07) is 0.473. The normalized spacial score (nSPS) is 12.4. The number of benzene rings is 1. The number of fused-ring (bicyclic) bond motifs is 1. The Hall–Kier alpha value is -2.03. The van der Waals surface area contributed by atoms with Crippen molar-refractivity contribution in [2.45, 2.75) is 19.9 Å². The number of halogens is 2. The molecule has 0 saturated heterocycles. The van der Waals surface area contributed by atoms with E-state index in [9.17, 15) is 19.3 Å². The molecular weight excluding hydrogens is 349 g/mol. The number of esters is 1. The van der Waals surface area contributed by atoms with Crippen molar-refractivity contribution in [3.8, 4) is 0 Å². The largest absolute Gasteiger partial charge is 0.464 e. The van der Waals surface area contributed by atoms with Crippen molar-refractivity contribution in [2.24, 2.45) is 0 Å². The molecule has 1 heterocycles. The Morgan fingerprint density at radius 3 is 2.90 bits per heavy atom. The molecule has 0 saturated carbocycles. The van der Waals surface area contributed by atoms with Crippen LogP contribution in [0.5, 0.6) is 0 Å². The number of hydrogen-bond acceptors (Lipinski definition) is 5. The van der Waals surface area contributed by atoms with Crippen molar-refractivity contribution < 1.29 is 18.8 Å². The van der Waals surface area contributed by atoms with Gasteiger partial charge in [-0.15, -0.1) is 0 Å². The van der Waals surface area contributed by atoms with E-state index in [-0.39, 0.29) is 16.6 Å². The van der Waals surface area contributed by atoms with E-state index < -0.39 is 28.4 Å². The zero-order valence-electron chi connectivity index (χ0n) is 11.2. The molecule has 0 spiro atoms. The molecule has 0 bridgehead atoms. The first kappa shape index (κ1) is 15.4. The number of nitro benzene ring substituents is 1. The van der Waals surface area contributed by atoms with Crippen LogP contribution in [-0.2, 0) is 9.53 Å². The maximum Gasteiger partial charge on any atom is 0.331 e. The van der Waals surface area contributed by atoms with Crippen LogP contribution in [0.3, 0.4) is 0 Å². The molecule has 0 N–H and O–H groups in total. The Balaban J connectivity index is 2.70. The van der Waals surface area contributed by atoms with E-state index in [1.165, 1.54) is 19.2 Å². The Kier molecular flexibility index (Phi) is 4.21. The third-order valence-electron chi connectivity index (χ3n) is 2.93. The molecule has 2 aromatic rings. The van der Waals surface area contributed by atoms with Crippen molar-refractivity contribution in [1.82, 2.24) is 9.78 Å². The van der Waals surface area contributed by atoms with Crippen LogP contribution in [0.25, 0.3) is 10.9 Å². The molecule has 1 atom stereocenters. The van der Waals surface area contributed by atoms with Gasteiger partial charge in [-0.05, 0) is 35.8 Å². The van der Waals surface area contributed by atoms with Gasteiger partial charge in [0, 0.05) is 5.39 Å². The molecule has 0 aliphatic carbocycles. The van der Waals surface area contributed by atoms with Gasteiger partial charge in [-0.3, -0.25) is 10.1 Å². The van der Waals surface area contributed by atoms with Gasteiger partial charge in [-0.1, -0.05) is 0 Å². The molecule has 0 radical (unpaired) electrons. The van der Waals surface area contributed by atoms with E-state index in [0.717, 1.165) is 4.68 Å². The van der Waals surface area contributed by atoms with Crippen molar-refractivity contribution >= 4 is 38.5 Å². The highest BCUT2D eigenvalue weighted by Gasteiger charge is 2.29. The zero-order chi connectivity index (χ0) is 15.7. The predicted octanol–water partition coefficient (Wildman–Crippen LogP) is 2.97. The van der Waals surface area contributed by atoms with Gasteiger partial charge in [0.1, 0.15) is 6.04 Å². The first-order valence-electron chi connectivity index (χ1n) is 6.04. The third-order valence-corrected chi connectivity index (χ3v) is 3.50. The van der Waals surface area contributed by atoms with Crippen LogP contribution in [0.2, 0.25) is 0 Å². The topological polar surface area (TPSA) is 87.3 Å². The summed E-state index contributed by atoms with van der Waals surface area (Å²) in [6.07, 6.45) is 1.34.